The van der Waals surface area contributed by atoms with Crippen molar-refractivity contribution in [2.45, 2.75) is 31.2 Å². The van der Waals surface area contributed by atoms with E-state index in [9.17, 15) is 0 Å². The zero-order valence-corrected chi connectivity index (χ0v) is 7.22. The molecule has 0 aromatic carbocycles. The van der Waals surface area contributed by atoms with Crippen LogP contribution in [-0.2, 0) is 0 Å². The third kappa shape index (κ3) is 1.65. The van der Waals surface area contributed by atoms with E-state index in [2.05, 4.69) is 24.5 Å². The molecule has 0 aromatic rings. The normalized spacial score (nSPS) is 30.9. The van der Waals surface area contributed by atoms with Gasteiger partial charge in [0.25, 0.3) is 0 Å². The number of likely N-dealkylation sites (tertiary alicyclic amines) is 1. The lowest BCUT2D eigenvalue weighted by atomic mass is 10.2. The number of thiol groups is 1. The summed E-state index contributed by atoms with van der Waals surface area (Å²) < 4.78 is 0. The summed E-state index contributed by atoms with van der Waals surface area (Å²) in [5.41, 5.74) is 0. The molecule has 0 bridgehead atoms. The lowest BCUT2D eigenvalue weighted by molar-refractivity contribution is 0.155. The Kier molecular flexibility index (Phi) is 3.01. The first-order valence-electron chi connectivity index (χ1n) is 3.80. The molecule has 10 heavy (non-hydrogen) atoms. The SMILES string of the molecule is CC(S)N1CCC[C@H]1CO. The number of hydrogen-bond donors (Lipinski definition) is 2. The Balaban J connectivity index is 2.42. The third-order valence-corrected chi connectivity index (χ3v) is 2.41. The molecule has 3 heteroatoms. The molecule has 1 fully saturated rings. The molecule has 2 nitrogen and oxygen atoms in total. The van der Waals surface area contributed by atoms with Crippen LogP contribution >= 0.6 is 12.6 Å². The Labute approximate surface area is 67.6 Å². The molecule has 0 amide bonds. The van der Waals surface area contributed by atoms with E-state index in [1.54, 1.807) is 0 Å². The fourth-order valence-electron chi connectivity index (χ4n) is 1.55. The Morgan fingerprint density at radius 3 is 2.90 bits per heavy atom. The molecule has 1 rings (SSSR count). The van der Waals surface area contributed by atoms with E-state index < -0.39 is 0 Å². The fourth-order valence-corrected chi connectivity index (χ4v) is 1.85. The number of aliphatic hydroxyl groups excluding tert-OH is 1. The van der Waals surface area contributed by atoms with Gasteiger partial charge in [-0.2, -0.15) is 12.6 Å². The minimum atomic E-state index is 0.283. The van der Waals surface area contributed by atoms with Crippen molar-refractivity contribution in [1.29, 1.82) is 0 Å². The van der Waals surface area contributed by atoms with Gasteiger partial charge < -0.3 is 5.11 Å². The largest absolute Gasteiger partial charge is 0.395 e. The van der Waals surface area contributed by atoms with Crippen LogP contribution in [0.2, 0.25) is 0 Å². The van der Waals surface area contributed by atoms with Crippen molar-refractivity contribution < 1.29 is 5.11 Å². The maximum atomic E-state index is 8.91. The monoisotopic (exact) mass is 161 g/mol. The predicted octanol–water partition coefficient (Wildman–Crippen LogP) is 0.719. The van der Waals surface area contributed by atoms with E-state index in [1.807, 2.05) is 0 Å². The molecule has 1 saturated heterocycles. The van der Waals surface area contributed by atoms with Crippen LogP contribution in [0.15, 0.2) is 0 Å². The van der Waals surface area contributed by atoms with Crippen molar-refractivity contribution in [3.8, 4) is 0 Å². The highest BCUT2D eigenvalue weighted by Crippen LogP contribution is 2.20. The lowest BCUT2D eigenvalue weighted by Gasteiger charge is -2.25. The standard InChI is InChI=1S/C7H15NOS/c1-6(10)8-4-2-3-7(8)5-9/h6-7,9-10H,2-5H2,1H3/t6?,7-/m0/s1. The summed E-state index contributed by atoms with van der Waals surface area (Å²) in [5.74, 6) is 0. The Morgan fingerprint density at radius 1 is 1.80 bits per heavy atom. The van der Waals surface area contributed by atoms with E-state index >= 15 is 0 Å². The molecule has 1 aliphatic rings. The van der Waals surface area contributed by atoms with Gasteiger partial charge >= 0.3 is 0 Å². The van der Waals surface area contributed by atoms with Crippen molar-refractivity contribution in [2.24, 2.45) is 0 Å². The quantitative estimate of drug-likeness (QED) is 0.583. The first-order valence-corrected chi connectivity index (χ1v) is 4.32. The van der Waals surface area contributed by atoms with Crippen molar-refractivity contribution in [1.82, 2.24) is 4.90 Å². The highest BCUT2D eigenvalue weighted by molar-refractivity contribution is 7.80. The zero-order valence-electron chi connectivity index (χ0n) is 6.32. The summed E-state index contributed by atoms with van der Waals surface area (Å²) in [4.78, 5) is 2.24. The molecule has 1 N–H and O–H groups in total. The van der Waals surface area contributed by atoms with Crippen LogP contribution in [-0.4, -0.2) is 34.6 Å². The first-order chi connectivity index (χ1) is 4.75. The highest BCUT2D eigenvalue weighted by atomic mass is 32.1. The van der Waals surface area contributed by atoms with Gasteiger partial charge in [0, 0.05) is 6.04 Å². The van der Waals surface area contributed by atoms with Crippen molar-refractivity contribution in [3.63, 3.8) is 0 Å². The summed E-state index contributed by atoms with van der Waals surface area (Å²) >= 11 is 4.32. The average Bonchev–Trinajstić information content (AvgIpc) is 2.33. The van der Waals surface area contributed by atoms with Gasteiger partial charge in [-0.05, 0) is 26.3 Å². The van der Waals surface area contributed by atoms with Crippen LogP contribution in [0, 0.1) is 0 Å². The molecule has 60 valence electrons. The van der Waals surface area contributed by atoms with Gasteiger partial charge in [-0.15, -0.1) is 0 Å². The summed E-state index contributed by atoms with van der Waals surface area (Å²) in [7, 11) is 0. The van der Waals surface area contributed by atoms with Gasteiger partial charge in [0.05, 0.1) is 12.0 Å². The van der Waals surface area contributed by atoms with Crippen LogP contribution in [0.25, 0.3) is 0 Å². The minimum absolute atomic E-state index is 0.283. The van der Waals surface area contributed by atoms with E-state index in [0.717, 1.165) is 13.0 Å². The van der Waals surface area contributed by atoms with E-state index in [-0.39, 0.29) is 6.61 Å². The maximum Gasteiger partial charge on any atom is 0.0587 e. The van der Waals surface area contributed by atoms with Gasteiger partial charge in [0.1, 0.15) is 0 Å². The van der Waals surface area contributed by atoms with Crippen LogP contribution < -0.4 is 0 Å². The second-order valence-corrected chi connectivity index (χ2v) is 3.60. The van der Waals surface area contributed by atoms with Crippen LogP contribution in [0.4, 0.5) is 0 Å². The van der Waals surface area contributed by atoms with Gasteiger partial charge in [-0.3, -0.25) is 4.90 Å². The van der Waals surface area contributed by atoms with Crippen LogP contribution in [0.5, 0.6) is 0 Å². The highest BCUT2D eigenvalue weighted by Gasteiger charge is 2.25. The predicted molar refractivity (Wildman–Crippen MR) is 45.3 cm³/mol. The molecule has 0 saturated carbocycles. The zero-order chi connectivity index (χ0) is 7.56. The van der Waals surface area contributed by atoms with Crippen LogP contribution in [0.1, 0.15) is 19.8 Å². The smallest absolute Gasteiger partial charge is 0.0587 e. The molecule has 1 unspecified atom stereocenters. The summed E-state index contributed by atoms with van der Waals surface area (Å²) in [6.07, 6.45) is 2.33. The van der Waals surface area contributed by atoms with Gasteiger partial charge in [0.15, 0.2) is 0 Å². The lowest BCUT2D eigenvalue weighted by Crippen LogP contribution is -2.36. The molecule has 0 radical (unpaired) electrons. The van der Waals surface area contributed by atoms with E-state index in [4.69, 9.17) is 5.11 Å². The summed E-state index contributed by atoms with van der Waals surface area (Å²) in [6, 6.07) is 0.368. The molecule has 1 heterocycles. The van der Waals surface area contributed by atoms with Gasteiger partial charge in [-0.25, -0.2) is 0 Å². The number of nitrogens with zero attached hydrogens (tertiary/aromatic N) is 1. The molecule has 0 aliphatic carbocycles. The Bertz CT molecular complexity index is 108. The van der Waals surface area contributed by atoms with Crippen molar-refractivity contribution in [3.05, 3.63) is 0 Å². The number of rotatable bonds is 2. The molecule has 1 aliphatic heterocycles. The Hall–Kier alpha value is 0.270. The number of hydrogen-bond acceptors (Lipinski definition) is 3. The topological polar surface area (TPSA) is 23.5 Å². The summed E-state index contributed by atoms with van der Waals surface area (Å²) in [5, 5.41) is 9.20. The van der Waals surface area contributed by atoms with Gasteiger partial charge in [-0.1, -0.05) is 0 Å². The number of aliphatic hydroxyl groups is 1. The summed E-state index contributed by atoms with van der Waals surface area (Å²) in [6.45, 7) is 3.43. The molecular weight excluding hydrogens is 146 g/mol. The second-order valence-electron chi connectivity index (χ2n) is 2.85. The van der Waals surface area contributed by atoms with Crippen LogP contribution in [0.3, 0.4) is 0 Å². The molecule has 0 aromatic heterocycles. The van der Waals surface area contributed by atoms with E-state index in [1.165, 1.54) is 6.42 Å². The Morgan fingerprint density at radius 2 is 2.50 bits per heavy atom. The van der Waals surface area contributed by atoms with Crippen molar-refractivity contribution >= 4 is 12.6 Å². The molecule has 2 atom stereocenters. The van der Waals surface area contributed by atoms with Gasteiger partial charge in [0.2, 0.25) is 0 Å². The fraction of sp³-hybridized carbons (Fsp3) is 1.00. The average molecular weight is 161 g/mol. The van der Waals surface area contributed by atoms with Crippen molar-refractivity contribution in [2.75, 3.05) is 13.2 Å². The van der Waals surface area contributed by atoms with E-state index in [0.29, 0.717) is 11.4 Å². The third-order valence-electron chi connectivity index (χ3n) is 2.11. The molecular formula is C7H15NOS. The maximum absolute atomic E-state index is 8.91. The molecule has 0 spiro atoms. The second kappa shape index (κ2) is 3.60. The first kappa shape index (κ1) is 8.37. The minimum Gasteiger partial charge on any atom is -0.395 e.